The van der Waals surface area contributed by atoms with Gasteiger partial charge in [0.15, 0.2) is 0 Å². The fourth-order valence-corrected chi connectivity index (χ4v) is 6.39. The van der Waals surface area contributed by atoms with E-state index in [9.17, 15) is 9.59 Å². The van der Waals surface area contributed by atoms with Crippen LogP contribution in [0.5, 0.6) is 0 Å². The molecule has 0 fully saturated rings. The Morgan fingerprint density at radius 1 is 0.562 bits per heavy atom. The van der Waals surface area contributed by atoms with Gasteiger partial charge in [-0.1, -0.05) is 125 Å². The summed E-state index contributed by atoms with van der Waals surface area (Å²) in [6, 6.07) is 0.408. The molecule has 286 valence electrons. The van der Waals surface area contributed by atoms with Gasteiger partial charge in [0.1, 0.15) is 12.7 Å². The molecule has 0 radical (unpaired) electrons. The van der Waals surface area contributed by atoms with Crippen LogP contribution in [0, 0.1) is 5.92 Å². The fourth-order valence-electron chi connectivity index (χ4n) is 6.39. The zero-order valence-corrected chi connectivity index (χ0v) is 33.2. The highest BCUT2D eigenvalue weighted by Crippen LogP contribution is 2.20. The second-order valence-electron chi connectivity index (χ2n) is 14.4. The number of nitrogens with zero attached hydrogens (tertiary/aromatic N) is 2. The van der Waals surface area contributed by atoms with E-state index in [0.717, 1.165) is 84.1 Å². The summed E-state index contributed by atoms with van der Waals surface area (Å²) in [6.07, 6.45) is 24.2. The van der Waals surface area contributed by atoms with Gasteiger partial charge in [-0.15, -0.1) is 0 Å². The number of unbranched alkanes of at least 4 members (excludes halogenated alkanes) is 13. The van der Waals surface area contributed by atoms with Gasteiger partial charge in [0.25, 0.3) is 0 Å². The predicted molar refractivity (Wildman–Crippen MR) is 204 cm³/mol. The summed E-state index contributed by atoms with van der Waals surface area (Å²) < 4.78 is 17.1. The minimum atomic E-state index is -0.509. The largest absolute Gasteiger partial charge is 0.508 e. The topological polar surface area (TPSA) is 68.3 Å². The van der Waals surface area contributed by atoms with Gasteiger partial charge < -0.3 is 19.1 Å². The first-order valence-corrected chi connectivity index (χ1v) is 20.8. The number of rotatable bonds is 35. The quantitative estimate of drug-likeness (QED) is 0.0487. The van der Waals surface area contributed by atoms with Crippen LogP contribution in [0.25, 0.3) is 0 Å². The lowest BCUT2D eigenvalue weighted by Crippen LogP contribution is -2.40. The molecule has 0 aromatic rings. The highest BCUT2D eigenvalue weighted by atomic mass is 16.7. The van der Waals surface area contributed by atoms with Crippen molar-refractivity contribution >= 4 is 12.1 Å². The van der Waals surface area contributed by atoms with E-state index in [-0.39, 0.29) is 12.1 Å². The van der Waals surface area contributed by atoms with E-state index in [1.807, 2.05) is 0 Å². The van der Waals surface area contributed by atoms with Crippen molar-refractivity contribution in [1.82, 2.24) is 9.80 Å². The van der Waals surface area contributed by atoms with Crippen molar-refractivity contribution in [3.05, 3.63) is 0 Å². The van der Waals surface area contributed by atoms with Crippen LogP contribution in [0.1, 0.15) is 190 Å². The number of hydrogen-bond donors (Lipinski definition) is 0. The van der Waals surface area contributed by atoms with Crippen LogP contribution in [0.4, 0.5) is 4.79 Å². The number of hydrogen-bond acceptors (Lipinski definition) is 7. The molecule has 0 aromatic heterocycles. The van der Waals surface area contributed by atoms with Crippen molar-refractivity contribution < 1.29 is 23.8 Å². The standard InChI is InChI=1S/C41H82N2O5/c1-8-13-16-23-28-38(27-15-10-3)36-47-40(44)31-26-22-20-18-19-21-25-30-39(29-24-17-14-9-2)48-41(45)46-35-34-43(37(6)7)33-32-42(11-4)12-5/h37-39H,8-36H2,1-7H3. The Morgan fingerprint density at radius 2 is 1.08 bits per heavy atom. The van der Waals surface area contributed by atoms with E-state index in [0.29, 0.717) is 31.6 Å². The smallest absolute Gasteiger partial charge is 0.465 e. The molecule has 0 saturated heterocycles. The number of carbonyl (C=O) groups is 2. The molecule has 7 heteroatoms. The lowest BCUT2D eigenvalue weighted by atomic mass is 9.96. The first-order chi connectivity index (χ1) is 23.3. The van der Waals surface area contributed by atoms with E-state index in [2.05, 4.69) is 58.3 Å². The minimum Gasteiger partial charge on any atom is -0.465 e. The first kappa shape index (κ1) is 46.7. The molecule has 2 unspecified atom stereocenters. The molecule has 0 N–H and O–H groups in total. The molecular weight excluding hydrogens is 600 g/mol. The Morgan fingerprint density at radius 3 is 1.65 bits per heavy atom. The van der Waals surface area contributed by atoms with Crippen LogP contribution >= 0.6 is 0 Å². The number of ether oxygens (including phenoxy) is 3. The first-order valence-electron chi connectivity index (χ1n) is 20.8. The van der Waals surface area contributed by atoms with Gasteiger partial charge >= 0.3 is 12.1 Å². The molecule has 2 atom stereocenters. The fraction of sp³-hybridized carbons (Fsp3) is 0.951. The maximum Gasteiger partial charge on any atom is 0.508 e. The molecule has 0 saturated carbocycles. The maximum atomic E-state index is 12.6. The van der Waals surface area contributed by atoms with Crippen molar-refractivity contribution in [2.24, 2.45) is 5.92 Å². The van der Waals surface area contributed by atoms with Gasteiger partial charge in [-0.3, -0.25) is 9.69 Å². The van der Waals surface area contributed by atoms with E-state index in [1.54, 1.807) is 0 Å². The molecule has 0 amide bonds. The second kappa shape index (κ2) is 34.1. The maximum absolute atomic E-state index is 12.6. The molecule has 0 aromatic carbocycles. The Hall–Kier alpha value is -1.34. The summed E-state index contributed by atoms with van der Waals surface area (Å²) >= 11 is 0. The molecule has 0 aliphatic heterocycles. The van der Waals surface area contributed by atoms with Crippen LogP contribution < -0.4 is 0 Å². The summed E-state index contributed by atoms with van der Waals surface area (Å²) in [4.78, 5) is 29.7. The summed E-state index contributed by atoms with van der Waals surface area (Å²) in [5.41, 5.74) is 0. The Balaban J connectivity index is 4.27. The van der Waals surface area contributed by atoms with Crippen LogP contribution in [-0.4, -0.2) is 80.0 Å². The lowest BCUT2D eigenvalue weighted by Gasteiger charge is -2.29. The molecule has 0 bridgehead atoms. The number of carbonyl (C=O) groups excluding carboxylic acids is 2. The van der Waals surface area contributed by atoms with Crippen molar-refractivity contribution in [2.75, 3.05) is 45.9 Å². The summed E-state index contributed by atoms with van der Waals surface area (Å²) in [7, 11) is 0. The van der Waals surface area contributed by atoms with E-state index < -0.39 is 6.16 Å². The Kier molecular flexibility index (Phi) is 33.2. The van der Waals surface area contributed by atoms with E-state index in [4.69, 9.17) is 14.2 Å². The lowest BCUT2D eigenvalue weighted by molar-refractivity contribution is -0.145. The van der Waals surface area contributed by atoms with Crippen molar-refractivity contribution in [2.45, 2.75) is 202 Å². The molecule has 0 aliphatic rings. The van der Waals surface area contributed by atoms with Crippen LogP contribution in [0.15, 0.2) is 0 Å². The molecule has 0 spiro atoms. The van der Waals surface area contributed by atoms with Crippen LogP contribution in [0.2, 0.25) is 0 Å². The SMILES string of the molecule is CCCCCCC(CCCC)COC(=O)CCCCCCCCCC(CCCCCC)OC(=O)OCCN(CCN(CC)CC)C(C)C. The van der Waals surface area contributed by atoms with E-state index >= 15 is 0 Å². The van der Waals surface area contributed by atoms with Crippen LogP contribution in [0.3, 0.4) is 0 Å². The Bertz CT molecular complexity index is 715. The van der Waals surface area contributed by atoms with Crippen LogP contribution in [-0.2, 0) is 19.0 Å². The summed E-state index contributed by atoms with van der Waals surface area (Å²) in [5.74, 6) is 0.520. The van der Waals surface area contributed by atoms with Gasteiger partial charge in [0.05, 0.1) is 6.61 Å². The molecular formula is C41H82N2O5. The molecule has 0 aliphatic carbocycles. The molecule has 0 heterocycles. The monoisotopic (exact) mass is 683 g/mol. The number of esters is 1. The molecule has 7 nitrogen and oxygen atoms in total. The van der Waals surface area contributed by atoms with Gasteiger partial charge in [-0.25, -0.2) is 4.79 Å². The Labute approximate surface area is 299 Å². The third-order valence-corrected chi connectivity index (χ3v) is 9.89. The third-order valence-electron chi connectivity index (χ3n) is 9.89. The summed E-state index contributed by atoms with van der Waals surface area (Å²) in [5, 5.41) is 0. The average molecular weight is 683 g/mol. The third kappa shape index (κ3) is 28.5. The predicted octanol–water partition coefficient (Wildman–Crippen LogP) is 11.4. The highest BCUT2D eigenvalue weighted by Gasteiger charge is 2.17. The zero-order chi connectivity index (χ0) is 35.7. The number of likely N-dealkylation sites (N-methyl/N-ethyl adjacent to an activating group) is 1. The van der Waals surface area contributed by atoms with Crippen molar-refractivity contribution in [1.29, 1.82) is 0 Å². The van der Waals surface area contributed by atoms with Gasteiger partial charge in [0, 0.05) is 32.1 Å². The van der Waals surface area contributed by atoms with Gasteiger partial charge in [-0.2, -0.15) is 0 Å². The minimum absolute atomic E-state index is 0.0129. The van der Waals surface area contributed by atoms with Gasteiger partial charge in [-0.05, 0) is 77.8 Å². The van der Waals surface area contributed by atoms with Crippen molar-refractivity contribution in [3.8, 4) is 0 Å². The normalized spacial score (nSPS) is 13.0. The molecule has 0 rings (SSSR count). The second-order valence-corrected chi connectivity index (χ2v) is 14.4. The zero-order valence-electron chi connectivity index (χ0n) is 33.2. The van der Waals surface area contributed by atoms with E-state index in [1.165, 1.54) is 83.5 Å². The van der Waals surface area contributed by atoms with Gasteiger partial charge in [0.2, 0.25) is 0 Å². The van der Waals surface area contributed by atoms with Crippen molar-refractivity contribution in [3.63, 3.8) is 0 Å². The average Bonchev–Trinajstić information content (AvgIpc) is 3.07. The molecule has 48 heavy (non-hydrogen) atoms. The highest BCUT2D eigenvalue weighted by molar-refractivity contribution is 5.69. The summed E-state index contributed by atoms with van der Waals surface area (Å²) in [6.45, 7) is 21.3.